The quantitative estimate of drug-likeness (QED) is 0.734. The van der Waals surface area contributed by atoms with E-state index in [0.717, 1.165) is 9.87 Å². The molecule has 8 nitrogen and oxygen atoms in total. The summed E-state index contributed by atoms with van der Waals surface area (Å²) in [5, 5.41) is 8.70. The Hall–Kier alpha value is -2.52. The third-order valence-corrected chi connectivity index (χ3v) is 5.45. The van der Waals surface area contributed by atoms with Gasteiger partial charge in [-0.2, -0.15) is 0 Å². The van der Waals surface area contributed by atoms with Gasteiger partial charge in [-0.15, -0.1) is 0 Å². The first-order valence-corrected chi connectivity index (χ1v) is 8.94. The minimum atomic E-state index is -3.46. The van der Waals surface area contributed by atoms with Crippen molar-refractivity contribution in [3.63, 3.8) is 0 Å². The normalized spacial score (nSPS) is 11.6. The zero-order valence-corrected chi connectivity index (χ0v) is 14.7. The lowest BCUT2D eigenvalue weighted by Crippen LogP contribution is -2.22. The maximum Gasteiger partial charge on any atom is 0.308 e. The first-order valence-electron chi connectivity index (χ1n) is 7.50. The van der Waals surface area contributed by atoms with Gasteiger partial charge in [0, 0.05) is 32.3 Å². The molecule has 0 aliphatic carbocycles. The number of benzene rings is 1. The molecule has 1 heterocycles. The summed E-state index contributed by atoms with van der Waals surface area (Å²) in [7, 11) is -0.513. The first-order chi connectivity index (χ1) is 11.7. The van der Waals surface area contributed by atoms with E-state index >= 15 is 0 Å². The van der Waals surface area contributed by atoms with Crippen molar-refractivity contribution in [2.45, 2.75) is 24.2 Å². The summed E-state index contributed by atoms with van der Waals surface area (Å²) in [6.45, 7) is 0. The number of nitrogens with one attached hydrogen (secondary N) is 1. The molecule has 2 aromatic rings. The highest BCUT2D eigenvalue weighted by molar-refractivity contribution is 7.89. The Bertz CT molecular complexity index is 918. The fourth-order valence-electron chi connectivity index (χ4n) is 2.18. The van der Waals surface area contributed by atoms with Gasteiger partial charge in [-0.3, -0.25) is 9.59 Å². The van der Waals surface area contributed by atoms with Crippen LogP contribution in [-0.2, 0) is 34.1 Å². The number of carbonyl (C=O) groups is 1. The topological polar surface area (TPSA) is 120 Å². The maximum atomic E-state index is 12.0. The van der Waals surface area contributed by atoms with Gasteiger partial charge in [0.2, 0.25) is 10.0 Å². The van der Waals surface area contributed by atoms with E-state index in [1.54, 1.807) is 12.1 Å². The van der Waals surface area contributed by atoms with Gasteiger partial charge in [0.15, 0.2) is 0 Å². The van der Waals surface area contributed by atoms with Crippen LogP contribution in [0.1, 0.15) is 17.0 Å². The average Bonchev–Trinajstić information content (AvgIpc) is 2.55. The predicted octanol–water partition coefficient (Wildman–Crippen LogP) is 0.433. The molecule has 0 fully saturated rings. The van der Waals surface area contributed by atoms with Gasteiger partial charge in [-0.25, -0.2) is 17.7 Å². The van der Waals surface area contributed by atoms with Crippen molar-refractivity contribution in [3.05, 3.63) is 57.8 Å². The predicted molar refractivity (Wildman–Crippen MR) is 90.9 cm³/mol. The van der Waals surface area contributed by atoms with Crippen LogP contribution in [0.25, 0.3) is 0 Å². The number of sulfonamides is 1. The number of H-pyrrole nitrogens is 1. The Kier molecular flexibility index (Phi) is 5.70. The summed E-state index contributed by atoms with van der Waals surface area (Å²) in [6, 6.07) is 6.51. The van der Waals surface area contributed by atoms with Crippen LogP contribution in [-0.4, -0.2) is 47.9 Å². The summed E-state index contributed by atoms with van der Waals surface area (Å²) >= 11 is 0. The van der Waals surface area contributed by atoms with E-state index in [0.29, 0.717) is 18.7 Å². The van der Waals surface area contributed by atoms with Gasteiger partial charge in [0.1, 0.15) is 5.82 Å². The molecule has 2 rings (SSSR count). The number of carboxylic acids is 1. The second-order valence-electron chi connectivity index (χ2n) is 5.69. The molecule has 0 atom stereocenters. The smallest absolute Gasteiger partial charge is 0.308 e. The Morgan fingerprint density at radius 3 is 2.36 bits per heavy atom. The van der Waals surface area contributed by atoms with Gasteiger partial charge in [-0.05, 0) is 24.1 Å². The number of aliphatic carboxylic acids is 1. The van der Waals surface area contributed by atoms with E-state index in [1.807, 2.05) is 0 Å². The molecule has 2 N–H and O–H groups in total. The average molecular weight is 365 g/mol. The monoisotopic (exact) mass is 365 g/mol. The van der Waals surface area contributed by atoms with E-state index in [9.17, 15) is 18.0 Å². The third-order valence-electron chi connectivity index (χ3n) is 3.62. The highest BCUT2D eigenvalue weighted by Crippen LogP contribution is 2.14. The fraction of sp³-hybridized carbons (Fsp3) is 0.312. The SMILES string of the molecule is CN(C)S(=O)(=O)c1ccc(CCc2ncc(CC(=O)O)c(=O)[nH]2)cc1. The first kappa shape index (κ1) is 18.8. The van der Waals surface area contributed by atoms with Crippen molar-refractivity contribution in [2.75, 3.05) is 14.1 Å². The standard InChI is InChI=1S/C16H19N3O5S/c1-19(2)25(23,24)13-6-3-11(4-7-13)5-8-14-17-10-12(9-15(20)21)16(22)18-14/h3-4,6-7,10H,5,8-9H2,1-2H3,(H,20,21)(H,17,18,22). The highest BCUT2D eigenvalue weighted by atomic mass is 32.2. The molecule has 9 heteroatoms. The zero-order chi connectivity index (χ0) is 18.6. The summed E-state index contributed by atoms with van der Waals surface area (Å²) in [5.74, 6) is -0.642. The molecule has 0 aliphatic rings. The van der Waals surface area contributed by atoms with Crippen LogP contribution in [0, 0.1) is 0 Å². The molecule has 0 aliphatic heterocycles. The van der Waals surface area contributed by atoms with Crippen LogP contribution in [0.3, 0.4) is 0 Å². The Morgan fingerprint density at radius 1 is 1.20 bits per heavy atom. The number of hydrogen-bond acceptors (Lipinski definition) is 5. The van der Waals surface area contributed by atoms with Crippen molar-refractivity contribution in [2.24, 2.45) is 0 Å². The van der Waals surface area contributed by atoms with Crippen LogP contribution >= 0.6 is 0 Å². The van der Waals surface area contributed by atoms with Gasteiger partial charge >= 0.3 is 5.97 Å². The van der Waals surface area contributed by atoms with Gasteiger partial charge in [0.05, 0.1) is 11.3 Å². The molecule has 1 aromatic heterocycles. The molecule has 0 spiro atoms. The van der Waals surface area contributed by atoms with Gasteiger partial charge in [0.25, 0.3) is 5.56 Å². The summed E-state index contributed by atoms with van der Waals surface area (Å²) in [6.07, 6.45) is 1.91. The van der Waals surface area contributed by atoms with E-state index in [4.69, 9.17) is 5.11 Å². The van der Waals surface area contributed by atoms with Crippen LogP contribution < -0.4 is 5.56 Å². The number of aromatic nitrogens is 2. The van der Waals surface area contributed by atoms with Crippen LogP contribution in [0.15, 0.2) is 40.2 Å². The zero-order valence-electron chi connectivity index (χ0n) is 13.9. The lowest BCUT2D eigenvalue weighted by atomic mass is 10.1. The number of aryl methyl sites for hydroxylation is 2. The van der Waals surface area contributed by atoms with E-state index in [1.165, 1.54) is 32.4 Å². The largest absolute Gasteiger partial charge is 0.481 e. The molecule has 0 saturated heterocycles. The van der Waals surface area contributed by atoms with Gasteiger partial charge < -0.3 is 10.1 Å². The second-order valence-corrected chi connectivity index (χ2v) is 7.84. The third kappa shape index (κ3) is 4.74. The Labute approximate surface area is 145 Å². The minimum Gasteiger partial charge on any atom is -0.481 e. The minimum absolute atomic E-state index is 0.106. The van der Waals surface area contributed by atoms with Crippen molar-refractivity contribution < 1.29 is 18.3 Å². The Balaban J connectivity index is 2.06. The summed E-state index contributed by atoms with van der Waals surface area (Å²) in [5.41, 5.74) is 0.546. The Morgan fingerprint density at radius 2 is 1.84 bits per heavy atom. The molecule has 0 radical (unpaired) electrons. The molecule has 0 unspecified atom stereocenters. The van der Waals surface area contributed by atoms with Gasteiger partial charge in [-0.1, -0.05) is 12.1 Å². The molecule has 1 aromatic carbocycles. The molecular formula is C16H19N3O5S. The molecule has 25 heavy (non-hydrogen) atoms. The lowest BCUT2D eigenvalue weighted by Gasteiger charge is -2.11. The van der Waals surface area contributed by atoms with Crippen molar-refractivity contribution in [1.82, 2.24) is 14.3 Å². The van der Waals surface area contributed by atoms with Crippen molar-refractivity contribution in [1.29, 1.82) is 0 Å². The van der Waals surface area contributed by atoms with Crippen LogP contribution in [0.2, 0.25) is 0 Å². The van der Waals surface area contributed by atoms with E-state index in [-0.39, 0.29) is 16.9 Å². The highest BCUT2D eigenvalue weighted by Gasteiger charge is 2.16. The number of nitrogens with zero attached hydrogens (tertiary/aromatic N) is 2. The van der Waals surface area contributed by atoms with Crippen LogP contribution in [0.5, 0.6) is 0 Å². The molecule has 0 bridgehead atoms. The summed E-state index contributed by atoms with van der Waals surface area (Å²) < 4.78 is 25.2. The molecule has 134 valence electrons. The number of carboxylic acid groups (broad SMARTS) is 1. The lowest BCUT2D eigenvalue weighted by molar-refractivity contribution is -0.136. The molecule has 0 saturated carbocycles. The van der Waals surface area contributed by atoms with Crippen molar-refractivity contribution in [3.8, 4) is 0 Å². The van der Waals surface area contributed by atoms with Crippen LogP contribution in [0.4, 0.5) is 0 Å². The number of rotatable bonds is 7. The second kappa shape index (κ2) is 7.58. The summed E-state index contributed by atoms with van der Waals surface area (Å²) in [4.78, 5) is 29.3. The van der Waals surface area contributed by atoms with Crippen molar-refractivity contribution >= 4 is 16.0 Å². The van der Waals surface area contributed by atoms with E-state index < -0.39 is 21.6 Å². The number of aromatic amines is 1. The fourth-order valence-corrected chi connectivity index (χ4v) is 3.08. The molecular weight excluding hydrogens is 346 g/mol. The number of hydrogen-bond donors (Lipinski definition) is 2. The maximum absolute atomic E-state index is 12.0. The molecule has 0 amide bonds. The van der Waals surface area contributed by atoms with E-state index in [2.05, 4.69) is 9.97 Å².